The third kappa shape index (κ3) is 7.52. The quantitative estimate of drug-likeness (QED) is 0.244. The van der Waals surface area contributed by atoms with Crippen LogP contribution in [0.15, 0.2) is 78.9 Å². The first-order valence-corrected chi connectivity index (χ1v) is 13.8. The molecule has 2 atom stereocenters. The van der Waals surface area contributed by atoms with Crippen molar-refractivity contribution in [2.24, 2.45) is 5.92 Å². The second-order valence-corrected chi connectivity index (χ2v) is 10.3. The molecule has 0 aromatic heterocycles. The predicted octanol–water partition coefficient (Wildman–Crippen LogP) is 2.89. The molecule has 42 heavy (non-hydrogen) atoms. The maximum Gasteiger partial charge on any atom is 0.407 e. The molecule has 4 N–H and O–H groups in total. The minimum atomic E-state index is -1.34. The molecule has 0 unspecified atom stereocenters. The van der Waals surface area contributed by atoms with Gasteiger partial charge in [0.1, 0.15) is 31.8 Å². The molecule has 0 bridgehead atoms. The molecule has 0 radical (unpaired) electrons. The van der Waals surface area contributed by atoms with E-state index in [0.29, 0.717) is 0 Å². The first-order chi connectivity index (χ1) is 20.3. The Morgan fingerprint density at radius 3 is 1.98 bits per heavy atom. The fraction of sp³-hybridized carbons (Fsp3) is 0.312. The van der Waals surface area contributed by atoms with Gasteiger partial charge in [0.25, 0.3) is 0 Å². The molecule has 3 aromatic carbocycles. The topological polar surface area (TPSA) is 143 Å². The lowest BCUT2D eigenvalue weighted by Gasteiger charge is -2.24. The Labute approximate surface area is 244 Å². The molecule has 1 aliphatic rings. The van der Waals surface area contributed by atoms with Crippen molar-refractivity contribution in [3.8, 4) is 11.1 Å². The lowest BCUT2D eigenvalue weighted by molar-refractivity contribution is -0.145. The molecule has 3 aromatic rings. The molecule has 0 heterocycles. The Morgan fingerprint density at radius 1 is 0.786 bits per heavy atom. The van der Waals surface area contributed by atoms with E-state index in [1.165, 1.54) is 0 Å². The number of rotatable bonds is 12. The monoisotopic (exact) mass is 573 g/mol. The van der Waals surface area contributed by atoms with Crippen LogP contribution in [-0.4, -0.2) is 60.8 Å². The molecule has 0 saturated carbocycles. The number of benzene rings is 3. The number of nitrogens with one attached hydrogen (secondary N) is 3. The number of amides is 3. The number of ether oxygens (including phenoxy) is 2. The summed E-state index contributed by atoms with van der Waals surface area (Å²) in [5.74, 6) is -2.63. The van der Waals surface area contributed by atoms with Crippen LogP contribution in [0.4, 0.5) is 4.79 Å². The first-order valence-electron chi connectivity index (χ1n) is 13.8. The number of aliphatic hydroxyl groups excluding tert-OH is 1. The minimum Gasteiger partial charge on any atom is -0.460 e. The van der Waals surface area contributed by atoms with E-state index < -0.39 is 49.1 Å². The van der Waals surface area contributed by atoms with Gasteiger partial charge in [-0.25, -0.2) is 4.79 Å². The summed E-state index contributed by atoms with van der Waals surface area (Å²) in [5.41, 5.74) is 5.11. The molecule has 0 aliphatic heterocycles. The molecule has 0 spiro atoms. The van der Waals surface area contributed by atoms with Gasteiger partial charge in [0.2, 0.25) is 11.8 Å². The molecule has 0 fully saturated rings. The Hall–Kier alpha value is -4.70. The van der Waals surface area contributed by atoms with Crippen molar-refractivity contribution in [2.45, 2.75) is 38.5 Å². The highest BCUT2D eigenvalue weighted by Crippen LogP contribution is 2.44. The van der Waals surface area contributed by atoms with Crippen molar-refractivity contribution in [1.82, 2.24) is 16.0 Å². The standard InChI is InChI=1S/C32H35N3O7/c1-20(2)29(31(39)34-27(17-36)30(38)33-16-28(37)41-18-21-10-4-3-5-11-21)35-32(40)42-19-26-24-14-8-6-12-22(24)23-13-7-9-15-25(23)26/h3-15,20,26-27,29,36H,16-19H2,1-2H3,(H,33,38)(H,34,39)(H,35,40)/t27-,29-/m0/s1. The number of fused-ring (bicyclic) bond motifs is 3. The van der Waals surface area contributed by atoms with E-state index in [-0.39, 0.29) is 25.0 Å². The van der Waals surface area contributed by atoms with Gasteiger partial charge in [-0.3, -0.25) is 14.4 Å². The maximum absolute atomic E-state index is 13.0. The SMILES string of the molecule is CC(C)[C@H](NC(=O)OCC1c2ccccc2-c2ccccc21)C(=O)N[C@@H](CO)C(=O)NCC(=O)OCc1ccccc1. The first kappa shape index (κ1) is 30.3. The van der Waals surface area contributed by atoms with Crippen LogP contribution in [0.3, 0.4) is 0 Å². The zero-order valence-corrected chi connectivity index (χ0v) is 23.5. The van der Waals surface area contributed by atoms with E-state index in [1.54, 1.807) is 26.0 Å². The van der Waals surface area contributed by atoms with Crippen molar-refractivity contribution < 1.29 is 33.8 Å². The minimum absolute atomic E-state index is 0.0489. The van der Waals surface area contributed by atoms with Crippen LogP contribution in [0.2, 0.25) is 0 Å². The summed E-state index contributed by atoms with van der Waals surface area (Å²) in [6.07, 6.45) is -0.781. The summed E-state index contributed by atoms with van der Waals surface area (Å²) in [4.78, 5) is 50.4. The van der Waals surface area contributed by atoms with Crippen molar-refractivity contribution in [2.75, 3.05) is 19.8 Å². The van der Waals surface area contributed by atoms with Gasteiger partial charge in [-0.1, -0.05) is 92.7 Å². The van der Waals surface area contributed by atoms with Crippen LogP contribution in [0.1, 0.15) is 36.5 Å². The van der Waals surface area contributed by atoms with Crippen molar-refractivity contribution >= 4 is 23.9 Å². The molecule has 10 nitrogen and oxygen atoms in total. The normalized spacial score (nSPS) is 13.3. The van der Waals surface area contributed by atoms with Crippen LogP contribution in [0.25, 0.3) is 11.1 Å². The van der Waals surface area contributed by atoms with Gasteiger partial charge in [0.05, 0.1) is 6.61 Å². The van der Waals surface area contributed by atoms with Crippen LogP contribution < -0.4 is 16.0 Å². The van der Waals surface area contributed by atoms with Gasteiger partial charge >= 0.3 is 12.1 Å². The summed E-state index contributed by atoms with van der Waals surface area (Å²) in [6.45, 7) is 2.42. The summed E-state index contributed by atoms with van der Waals surface area (Å²) in [7, 11) is 0. The van der Waals surface area contributed by atoms with Gasteiger partial charge in [0, 0.05) is 5.92 Å². The molecule has 3 amide bonds. The third-order valence-electron chi connectivity index (χ3n) is 7.03. The summed E-state index contributed by atoms with van der Waals surface area (Å²) >= 11 is 0. The molecular formula is C32H35N3O7. The summed E-state index contributed by atoms with van der Waals surface area (Å²) in [6, 6.07) is 22.6. The van der Waals surface area contributed by atoms with Gasteiger partial charge < -0.3 is 30.5 Å². The van der Waals surface area contributed by atoms with Crippen molar-refractivity contribution in [3.63, 3.8) is 0 Å². The fourth-order valence-corrected chi connectivity index (χ4v) is 4.83. The highest BCUT2D eigenvalue weighted by molar-refractivity contribution is 5.92. The highest BCUT2D eigenvalue weighted by atomic mass is 16.5. The second-order valence-electron chi connectivity index (χ2n) is 10.3. The average molecular weight is 574 g/mol. The largest absolute Gasteiger partial charge is 0.460 e. The molecule has 220 valence electrons. The Morgan fingerprint density at radius 2 is 1.38 bits per heavy atom. The smallest absolute Gasteiger partial charge is 0.407 e. The van der Waals surface area contributed by atoms with Gasteiger partial charge in [-0.2, -0.15) is 0 Å². The number of hydrogen-bond donors (Lipinski definition) is 4. The molecular weight excluding hydrogens is 538 g/mol. The highest BCUT2D eigenvalue weighted by Gasteiger charge is 2.31. The van der Waals surface area contributed by atoms with E-state index in [2.05, 4.69) is 16.0 Å². The maximum atomic E-state index is 13.0. The Balaban J connectivity index is 1.28. The lowest BCUT2D eigenvalue weighted by Crippen LogP contribution is -2.56. The molecule has 0 saturated heterocycles. The zero-order chi connectivity index (χ0) is 30.1. The van der Waals surface area contributed by atoms with Crippen molar-refractivity contribution in [1.29, 1.82) is 0 Å². The van der Waals surface area contributed by atoms with Crippen LogP contribution in [0.5, 0.6) is 0 Å². The molecule has 1 aliphatic carbocycles. The number of carbonyl (C=O) groups is 4. The Bertz CT molecular complexity index is 1360. The van der Waals surface area contributed by atoms with E-state index in [9.17, 15) is 24.3 Å². The number of alkyl carbamates (subject to hydrolysis) is 1. The molecule has 4 rings (SSSR count). The number of hydrogen-bond acceptors (Lipinski definition) is 7. The lowest BCUT2D eigenvalue weighted by atomic mass is 9.98. The van der Waals surface area contributed by atoms with Crippen LogP contribution >= 0.6 is 0 Å². The van der Waals surface area contributed by atoms with E-state index in [4.69, 9.17) is 9.47 Å². The Kier molecular flexibility index (Phi) is 10.3. The second kappa shape index (κ2) is 14.3. The van der Waals surface area contributed by atoms with Crippen LogP contribution in [0, 0.1) is 5.92 Å². The number of esters is 1. The van der Waals surface area contributed by atoms with Crippen molar-refractivity contribution in [3.05, 3.63) is 95.6 Å². The number of carbonyl (C=O) groups excluding carboxylic acids is 4. The number of aliphatic hydroxyl groups is 1. The predicted molar refractivity (Wildman–Crippen MR) is 155 cm³/mol. The average Bonchev–Trinajstić information content (AvgIpc) is 3.33. The third-order valence-corrected chi connectivity index (χ3v) is 7.03. The van der Waals surface area contributed by atoms with E-state index >= 15 is 0 Å². The van der Waals surface area contributed by atoms with Gasteiger partial charge in [0.15, 0.2) is 0 Å². The van der Waals surface area contributed by atoms with E-state index in [1.807, 2.05) is 66.7 Å². The fourth-order valence-electron chi connectivity index (χ4n) is 4.83. The summed E-state index contributed by atoms with van der Waals surface area (Å²) in [5, 5.41) is 17.1. The summed E-state index contributed by atoms with van der Waals surface area (Å²) < 4.78 is 10.7. The van der Waals surface area contributed by atoms with E-state index in [0.717, 1.165) is 27.8 Å². The zero-order valence-electron chi connectivity index (χ0n) is 23.5. The van der Waals surface area contributed by atoms with Crippen LogP contribution in [-0.2, 0) is 30.5 Å². The molecule has 10 heteroatoms. The van der Waals surface area contributed by atoms with Gasteiger partial charge in [-0.15, -0.1) is 0 Å². The van der Waals surface area contributed by atoms with Gasteiger partial charge in [-0.05, 0) is 33.7 Å².